The molecule has 0 spiro atoms. The molecule has 0 aliphatic rings. The van der Waals surface area contributed by atoms with Crippen LogP contribution in [-0.4, -0.2) is 21.4 Å². The fourth-order valence-electron chi connectivity index (χ4n) is 5.66. The van der Waals surface area contributed by atoms with Gasteiger partial charge in [0, 0.05) is 11.5 Å². The van der Waals surface area contributed by atoms with Gasteiger partial charge in [-0.25, -0.2) is 18.3 Å². The van der Waals surface area contributed by atoms with Crippen LogP contribution in [0.5, 0.6) is 0 Å². The van der Waals surface area contributed by atoms with Crippen LogP contribution >= 0.6 is 0 Å². The summed E-state index contributed by atoms with van der Waals surface area (Å²) in [5, 5.41) is 5.54. The topological polar surface area (TPSA) is 44.1 Å². The van der Waals surface area contributed by atoms with Gasteiger partial charge in [-0.15, -0.1) is 0 Å². The second kappa shape index (κ2) is 11.0. The van der Waals surface area contributed by atoms with E-state index in [1.165, 1.54) is 12.1 Å². The highest BCUT2D eigenvalue weighted by Gasteiger charge is 2.41. The van der Waals surface area contributed by atoms with Crippen molar-refractivity contribution >= 4 is 16.9 Å². The van der Waals surface area contributed by atoms with E-state index in [-0.39, 0.29) is 5.69 Å². The average molecular weight is 573 g/mol. The molecule has 0 aliphatic heterocycles. The summed E-state index contributed by atoms with van der Waals surface area (Å²) in [6.07, 6.45) is 0. The van der Waals surface area contributed by atoms with E-state index >= 15 is 0 Å². The average Bonchev–Trinajstić information content (AvgIpc) is 3.37. The van der Waals surface area contributed by atoms with Crippen molar-refractivity contribution in [2.45, 2.75) is 31.9 Å². The van der Waals surface area contributed by atoms with Gasteiger partial charge in [0.2, 0.25) is 0 Å². The molecule has 0 bridgehead atoms. The Morgan fingerprint density at radius 2 is 1.14 bits per heavy atom. The molecule has 0 atom stereocenters. The van der Waals surface area contributed by atoms with Gasteiger partial charge in [-0.1, -0.05) is 97.1 Å². The SMILES string of the molecule is CC(C)(C)OC(=O)c1nn(C(c2ccccc2)(c2ccccc2)c2ccccc2)c2ccc(-c3cc(F)cc(F)c3)cc12. The minimum Gasteiger partial charge on any atom is -0.455 e. The van der Waals surface area contributed by atoms with Crippen molar-refractivity contribution in [3.8, 4) is 11.1 Å². The van der Waals surface area contributed by atoms with Crippen molar-refractivity contribution in [3.63, 3.8) is 0 Å². The highest BCUT2D eigenvalue weighted by atomic mass is 19.1. The Hall–Kier alpha value is -5.10. The van der Waals surface area contributed by atoms with Crippen molar-refractivity contribution < 1.29 is 18.3 Å². The number of hydrogen-bond acceptors (Lipinski definition) is 3. The van der Waals surface area contributed by atoms with Crippen LogP contribution in [0.3, 0.4) is 0 Å². The molecule has 0 N–H and O–H groups in total. The summed E-state index contributed by atoms with van der Waals surface area (Å²) in [5.74, 6) is -1.97. The number of nitrogens with zero attached hydrogens (tertiary/aromatic N) is 2. The first-order valence-electron chi connectivity index (χ1n) is 14.1. The first-order valence-corrected chi connectivity index (χ1v) is 14.1. The van der Waals surface area contributed by atoms with Crippen LogP contribution in [0.25, 0.3) is 22.0 Å². The number of rotatable bonds is 6. The van der Waals surface area contributed by atoms with E-state index in [2.05, 4.69) is 0 Å². The molecule has 4 nitrogen and oxygen atoms in total. The lowest BCUT2D eigenvalue weighted by atomic mass is 9.77. The summed E-state index contributed by atoms with van der Waals surface area (Å²) in [7, 11) is 0. The molecule has 0 amide bonds. The van der Waals surface area contributed by atoms with Crippen LogP contribution < -0.4 is 0 Å². The maximum Gasteiger partial charge on any atom is 0.360 e. The Morgan fingerprint density at radius 1 is 0.651 bits per heavy atom. The quantitative estimate of drug-likeness (QED) is 0.148. The third-order valence-corrected chi connectivity index (χ3v) is 7.36. The molecule has 0 fully saturated rings. The third-order valence-electron chi connectivity index (χ3n) is 7.36. The minimum atomic E-state index is -0.991. The standard InChI is InChI=1S/C37H30F2N2O2/c1-36(2,3)43-35(42)34-32-23-25(26-21-30(38)24-31(39)22-26)19-20-33(32)41(40-34)37(27-13-7-4-8-14-27,28-15-9-5-10-16-28)29-17-11-6-12-18-29/h4-24H,1-3H3. The molecule has 0 aliphatic carbocycles. The number of carbonyl (C=O) groups excluding carboxylic acids is 1. The fraction of sp³-hybridized carbons (Fsp3) is 0.135. The van der Waals surface area contributed by atoms with Crippen LogP contribution in [-0.2, 0) is 10.3 Å². The zero-order chi connectivity index (χ0) is 30.2. The molecule has 0 unspecified atom stereocenters. The highest BCUT2D eigenvalue weighted by molar-refractivity contribution is 6.04. The van der Waals surface area contributed by atoms with Gasteiger partial charge in [0.15, 0.2) is 5.69 Å². The van der Waals surface area contributed by atoms with Gasteiger partial charge in [-0.2, -0.15) is 5.10 Å². The van der Waals surface area contributed by atoms with Crippen LogP contribution in [0, 0.1) is 11.6 Å². The van der Waals surface area contributed by atoms with E-state index < -0.39 is 28.7 Å². The largest absolute Gasteiger partial charge is 0.455 e. The monoisotopic (exact) mass is 572 g/mol. The van der Waals surface area contributed by atoms with Crippen LogP contribution in [0.4, 0.5) is 8.78 Å². The molecule has 1 heterocycles. The van der Waals surface area contributed by atoms with Gasteiger partial charge < -0.3 is 4.74 Å². The number of carbonyl (C=O) groups is 1. The summed E-state index contributed by atoms with van der Waals surface area (Å²) in [5.41, 5.74) is 2.69. The summed E-state index contributed by atoms with van der Waals surface area (Å²) < 4.78 is 36.1. The summed E-state index contributed by atoms with van der Waals surface area (Å²) in [4.78, 5) is 13.8. The van der Waals surface area contributed by atoms with Gasteiger partial charge in [0.25, 0.3) is 0 Å². The normalized spacial score (nSPS) is 11.9. The lowest BCUT2D eigenvalue weighted by Gasteiger charge is -2.37. The second-order valence-corrected chi connectivity index (χ2v) is 11.5. The minimum absolute atomic E-state index is 0.107. The molecular weight excluding hydrogens is 542 g/mol. The Bertz CT molecular complexity index is 1790. The number of esters is 1. The first kappa shape index (κ1) is 28.0. The fourth-order valence-corrected chi connectivity index (χ4v) is 5.66. The van der Waals surface area contributed by atoms with Gasteiger partial charge in [0.1, 0.15) is 22.8 Å². The lowest BCUT2D eigenvalue weighted by Crippen LogP contribution is -2.38. The molecule has 43 heavy (non-hydrogen) atoms. The van der Waals surface area contributed by atoms with Gasteiger partial charge in [0.05, 0.1) is 5.52 Å². The van der Waals surface area contributed by atoms with E-state index in [0.29, 0.717) is 22.0 Å². The number of benzene rings is 5. The number of aromatic nitrogens is 2. The maximum atomic E-state index is 14.2. The molecule has 0 radical (unpaired) electrons. The van der Waals surface area contributed by atoms with Crippen molar-refractivity contribution in [2.24, 2.45) is 0 Å². The lowest BCUT2D eigenvalue weighted by molar-refractivity contribution is 0.00637. The van der Waals surface area contributed by atoms with Crippen molar-refractivity contribution in [2.75, 3.05) is 0 Å². The zero-order valence-corrected chi connectivity index (χ0v) is 24.1. The van der Waals surface area contributed by atoms with E-state index in [1.54, 1.807) is 32.9 Å². The third kappa shape index (κ3) is 5.21. The summed E-state index contributed by atoms with van der Waals surface area (Å²) in [6, 6.07) is 38.8. The predicted molar refractivity (Wildman–Crippen MR) is 165 cm³/mol. The highest BCUT2D eigenvalue weighted by Crippen LogP contribution is 2.43. The van der Waals surface area contributed by atoms with Crippen molar-refractivity contribution in [3.05, 3.63) is 161 Å². The second-order valence-electron chi connectivity index (χ2n) is 11.5. The Balaban J connectivity index is 1.73. The number of fused-ring (bicyclic) bond motifs is 1. The van der Waals surface area contributed by atoms with Gasteiger partial charge in [-0.05, 0) is 72.9 Å². The molecule has 1 aromatic heterocycles. The van der Waals surface area contributed by atoms with Crippen LogP contribution in [0.15, 0.2) is 127 Å². The van der Waals surface area contributed by atoms with Gasteiger partial charge >= 0.3 is 5.97 Å². The zero-order valence-electron chi connectivity index (χ0n) is 24.1. The predicted octanol–water partition coefficient (Wildman–Crippen LogP) is 8.78. The molecule has 6 heteroatoms. The van der Waals surface area contributed by atoms with Gasteiger partial charge in [-0.3, -0.25) is 0 Å². The number of hydrogen-bond donors (Lipinski definition) is 0. The molecule has 5 aromatic carbocycles. The molecule has 6 aromatic rings. The molecule has 0 saturated carbocycles. The Labute approximate surface area is 249 Å². The number of halogens is 2. The van der Waals surface area contributed by atoms with E-state index in [9.17, 15) is 13.6 Å². The maximum absolute atomic E-state index is 14.2. The summed E-state index contributed by atoms with van der Waals surface area (Å²) in [6.45, 7) is 5.40. The van der Waals surface area contributed by atoms with E-state index in [0.717, 1.165) is 22.8 Å². The first-order chi connectivity index (χ1) is 20.7. The Morgan fingerprint density at radius 3 is 1.60 bits per heavy atom. The summed E-state index contributed by atoms with van der Waals surface area (Å²) >= 11 is 0. The van der Waals surface area contributed by atoms with Crippen LogP contribution in [0.1, 0.15) is 48.0 Å². The van der Waals surface area contributed by atoms with Crippen molar-refractivity contribution in [1.29, 1.82) is 0 Å². The molecular formula is C37H30F2N2O2. The number of ether oxygens (including phenoxy) is 1. The Kier molecular flexibility index (Phi) is 7.14. The molecule has 6 rings (SSSR count). The van der Waals surface area contributed by atoms with E-state index in [4.69, 9.17) is 9.84 Å². The van der Waals surface area contributed by atoms with Crippen LogP contribution in [0.2, 0.25) is 0 Å². The van der Waals surface area contributed by atoms with E-state index in [1.807, 2.05) is 102 Å². The molecule has 0 saturated heterocycles. The molecule has 214 valence electrons. The van der Waals surface area contributed by atoms with Crippen molar-refractivity contribution in [1.82, 2.24) is 9.78 Å². The smallest absolute Gasteiger partial charge is 0.360 e.